The number of hydrogen-bond acceptors (Lipinski definition) is 8. The van der Waals surface area contributed by atoms with Gasteiger partial charge in [-0.2, -0.15) is 16.8 Å². The van der Waals surface area contributed by atoms with Crippen molar-refractivity contribution >= 4 is 20.2 Å². The molecule has 2 heterocycles. The molecule has 25 heavy (non-hydrogen) atoms. The Labute approximate surface area is 148 Å². The summed E-state index contributed by atoms with van der Waals surface area (Å²) in [6, 6.07) is -1.03. The van der Waals surface area contributed by atoms with Gasteiger partial charge < -0.3 is 9.47 Å². The third kappa shape index (κ3) is 7.06. The highest BCUT2D eigenvalue weighted by molar-refractivity contribution is 7.87. The Bertz CT molecular complexity index is 612. The van der Waals surface area contributed by atoms with Gasteiger partial charge in [-0.3, -0.25) is 18.9 Å². The van der Waals surface area contributed by atoms with Crippen molar-refractivity contribution in [3.8, 4) is 0 Å². The predicted octanol–water partition coefficient (Wildman–Crippen LogP) is -1.45. The van der Waals surface area contributed by atoms with Gasteiger partial charge >= 0.3 is 0 Å². The molecular weight excluding hydrogens is 376 g/mol. The van der Waals surface area contributed by atoms with Gasteiger partial charge in [0.1, 0.15) is 5.25 Å². The zero-order valence-electron chi connectivity index (χ0n) is 14.0. The van der Waals surface area contributed by atoms with Crippen LogP contribution in [0.15, 0.2) is 0 Å². The molecule has 2 saturated heterocycles. The molecule has 2 rings (SSSR count). The van der Waals surface area contributed by atoms with Gasteiger partial charge in [0, 0.05) is 32.2 Å². The molecule has 12 heteroatoms. The molecule has 0 aromatic carbocycles. The summed E-state index contributed by atoms with van der Waals surface area (Å²) in [6.45, 7) is 4.14. The van der Waals surface area contributed by atoms with E-state index in [-0.39, 0.29) is 6.42 Å². The number of morpholine rings is 2. The lowest BCUT2D eigenvalue weighted by molar-refractivity contribution is 0.0158. The molecular formula is C13H26N2O8S2. The number of rotatable bonds is 8. The maximum absolute atomic E-state index is 12.0. The van der Waals surface area contributed by atoms with E-state index in [2.05, 4.69) is 0 Å². The first-order valence-electron chi connectivity index (χ1n) is 8.20. The summed E-state index contributed by atoms with van der Waals surface area (Å²) in [4.78, 5) is 3.65. The van der Waals surface area contributed by atoms with Crippen molar-refractivity contribution < 1.29 is 35.4 Å². The van der Waals surface area contributed by atoms with Gasteiger partial charge in [-0.15, -0.1) is 0 Å². The highest BCUT2D eigenvalue weighted by atomic mass is 32.2. The molecule has 0 spiro atoms. The monoisotopic (exact) mass is 402 g/mol. The van der Waals surface area contributed by atoms with E-state index in [4.69, 9.17) is 9.47 Å². The first-order valence-corrected chi connectivity index (χ1v) is 11.3. The van der Waals surface area contributed by atoms with E-state index < -0.39 is 37.3 Å². The summed E-state index contributed by atoms with van der Waals surface area (Å²) in [5.41, 5.74) is 0. The van der Waals surface area contributed by atoms with Crippen molar-refractivity contribution in [1.29, 1.82) is 0 Å². The van der Waals surface area contributed by atoms with Crippen LogP contribution in [0.2, 0.25) is 0 Å². The average molecular weight is 402 g/mol. The SMILES string of the molecule is O=S(=O)(O)CC(C(CCN1CCOCC1)S(=O)(=O)O)N1CCOCC1. The number of ether oxygens (including phenoxy) is 2. The molecule has 0 aliphatic carbocycles. The van der Waals surface area contributed by atoms with E-state index in [1.54, 1.807) is 4.90 Å². The average Bonchev–Trinajstić information content (AvgIpc) is 2.53. The fourth-order valence-corrected chi connectivity index (χ4v) is 5.31. The van der Waals surface area contributed by atoms with E-state index in [1.807, 2.05) is 4.90 Å². The van der Waals surface area contributed by atoms with Crippen LogP contribution in [0, 0.1) is 0 Å². The summed E-state index contributed by atoms with van der Waals surface area (Å²) >= 11 is 0. The quantitative estimate of drug-likeness (QED) is 0.465. The second kappa shape index (κ2) is 9.04. The highest BCUT2D eigenvalue weighted by Gasteiger charge is 2.39. The third-order valence-corrected chi connectivity index (χ3v) is 6.62. The van der Waals surface area contributed by atoms with Gasteiger partial charge in [0.25, 0.3) is 20.2 Å². The van der Waals surface area contributed by atoms with Crippen LogP contribution in [0.4, 0.5) is 0 Å². The third-order valence-electron chi connectivity index (χ3n) is 4.54. The van der Waals surface area contributed by atoms with Crippen LogP contribution in [0.25, 0.3) is 0 Å². The fraction of sp³-hybridized carbons (Fsp3) is 1.00. The molecule has 0 saturated carbocycles. The van der Waals surface area contributed by atoms with Crippen molar-refractivity contribution in [3.05, 3.63) is 0 Å². The number of hydrogen-bond donors (Lipinski definition) is 2. The van der Waals surface area contributed by atoms with Crippen molar-refractivity contribution in [2.75, 3.05) is 64.9 Å². The standard InChI is InChI=1S/C13H26N2O8S2/c16-24(17,18)11-12(15-5-9-23-10-6-15)13(25(19,20)21)1-2-14-3-7-22-8-4-14/h12-13H,1-11H2,(H,16,17,18)(H,19,20,21). The smallest absolute Gasteiger partial charge is 0.269 e. The lowest BCUT2D eigenvalue weighted by Crippen LogP contribution is -2.55. The molecule has 0 bridgehead atoms. The van der Waals surface area contributed by atoms with Crippen LogP contribution >= 0.6 is 0 Å². The van der Waals surface area contributed by atoms with Crippen LogP contribution in [0.1, 0.15) is 6.42 Å². The van der Waals surface area contributed by atoms with Crippen molar-refractivity contribution in [2.45, 2.75) is 17.7 Å². The normalized spacial score (nSPS) is 24.1. The Balaban J connectivity index is 2.16. The molecule has 2 fully saturated rings. The molecule has 0 aromatic rings. The molecule has 10 nitrogen and oxygen atoms in total. The van der Waals surface area contributed by atoms with Crippen molar-refractivity contribution in [1.82, 2.24) is 9.80 Å². The van der Waals surface area contributed by atoms with Crippen molar-refractivity contribution in [3.63, 3.8) is 0 Å². The topological polar surface area (TPSA) is 134 Å². The molecule has 148 valence electrons. The maximum Gasteiger partial charge on any atom is 0.269 e. The summed E-state index contributed by atoms with van der Waals surface area (Å²) < 4.78 is 76.1. The van der Waals surface area contributed by atoms with Crippen LogP contribution in [-0.4, -0.2) is 112 Å². The van der Waals surface area contributed by atoms with Gasteiger partial charge in [0.2, 0.25) is 0 Å². The van der Waals surface area contributed by atoms with Crippen LogP contribution < -0.4 is 0 Å². The minimum absolute atomic E-state index is 0.0659. The second-order valence-corrected chi connectivity index (χ2v) is 9.39. The zero-order valence-corrected chi connectivity index (χ0v) is 15.6. The molecule has 2 unspecified atom stereocenters. The minimum Gasteiger partial charge on any atom is -0.379 e. The van der Waals surface area contributed by atoms with Crippen LogP contribution in [-0.2, 0) is 29.7 Å². The zero-order chi connectivity index (χ0) is 18.5. The minimum atomic E-state index is -4.50. The first-order chi connectivity index (χ1) is 11.7. The van der Waals surface area contributed by atoms with E-state index >= 15 is 0 Å². The predicted molar refractivity (Wildman–Crippen MR) is 89.8 cm³/mol. The van der Waals surface area contributed by atoms with Crippen LogP contribution in [0.5, 0.6) is 0 Å². The molecule has 2 atom stereocenters. The Morgan fingerprint density at radius 2 is 1.40 bits per heavy atom. The number of nitrogens with zero attached hydrogens (tertiary/aromatic N) is 2. The van der Waals surface area contributed by atoms with E-state index in [0.29, 0.717) is 59.2 Å². The van der Waals surface area contributed by atoms with E-state index in [0.717, 1.165) is 0 Å². The van der Waals surface area contributed by atoms with E-state index in [9.17, 15) is 25.9 Å². The fourth-order valence-electron chi connectivity index (χ4n) is 3.25. The summed E-state index contributed by atoms with van der Waals surface area (Å²) in [7, 11) is -8.92. The summed E-state index contributed by atoms with van der Waals surface area (Å²) in [5.74, 6) is -0.749. The molecule has 2 N–H and O–H groups in total. The Morgan fingerprint density at radius 1 is 0.880 bits per heavy atom. The molecule has 0 radical (unpaired) electrons. The molecule has 2 aliphatic rings. The van der Waals surface area contributed by atoms with Gasteiger partial charge in [0.15, 0.2) is 0 Å². The van der Waals surface area contributed by atoms with Gasteiger partial charge in [-0.05, 0) is 13.0 Å². The second-order valence-electron chi connectivity index (χ2n) is 6.26. The Hall–Kier alpha value is -0.340. The molecule has 2 aliphatic heterocycles. The summed E-state index contributed by atoms with van der Waals surface area (Å²) in [5, 5.41) is -1.31. The van der Waals surface area contributed by atoms with Gasteiger partial charge in [-0.1, -0.05) is 0 Å². The van der Waals surface area contributed by atoms with Crippen molar-refractivity contribution in [2.24, 2.45) is 0 Å². The Morgan fingerprint density at radius 3 is 1.88 bits per heavy atom. The molecule has 0 amide bonds. The summed E-state index contributed by atoms with van der Waals surface area (Å²) in [6.07, 6.45) is 0.0659. The van der Waals surface area contributed by atoms with Crippen LogP contribution in [0.3, 0.4) is 0 Å². The lowest BCUT2D eigenvalue weighted by atomic mass is 10.1. The first kappa shape index (κ1) is 21.0. The van der Waals surface area contributed by atoms with Gasteiger partial charge in [-0.25, -0.2) is 0 Å². The lowest BCUT2D eigenvalue weighted by Gasteiger charge is -2.38. The Kier molecular flexibility index (Phi) is 7.58. The molecule has 0 aromatic heterocycles. The highest BCUT2D eigenvalue weighted by Crippen LogP contribution is 2.20. The largest absolute Gasteiger partial charge is 0.379 e. The van der Waals surface area contributed by atoms with E-state index in [1.165, 1.54) is 0 Å². The van der Waals surface area contributed by atoms with Gasteiger partial charge in [0.05, 0.1) is 32.2 Å². The maximum atomic E-state index is 12.0.